The van der Waals surface area contributed by atoms with Crippen molar-refractivity contribution in [1.29, 1.82) is 0 Å². The molecule has 0 aromatic carbocycles. The lowest BCUT2D eigenvalue weighted by Gasteiger charge is -2.19. The van der Waals surface area contributed by atoms with Gasteiger partial charge in [-0.05, 0) is 26.2 Å². The summed E-state index contributed by atoms with van der Waals surface area (Å²) in [5.41, 5.74) is 0. The third kappa shape index (κ3) is 2.59. The lowest BCUT2D eigenvalue weighted by molar-refractivity contribution is 0.254. The molecule has 2 aliphatic rings. The predicted molar refractivity (Wildman–Crippen MR) is 70.3 cm³/mol. The van der Waals surface area contributed by atoms with Crippen molar-refractivity contribution in [2.75, 3.05) is 6.54 Å². The van der Waals surface area contributed by atoms with E-state index in [-0.39, 0.29) is 0 Å². The third-order valence-electron chi connectivity index (χ3n) is 4.13. The second-order valence-corrected chi connectivity index (χ2v) is 5.66. The van der Waals surface area contributed by atoms with Crippen LogP contribution in [-0.2, 0) is 13.0 Å². The number of aromatic nitrogens is 1. The normalized spacial score (nSPS) is 29.0. The Bertz CT molecular complexity index is 399. The second kappa shape index (κ2) is 5.02. The summed E-state index contributed by atoms with van der Waals surface area (Å²) in [7, 11) is 0. The lowest BCUT2D eigenvalue weighted by atomic mass is 10.2. The van der Waals surface area contributed by atoms with Gasteiger partial charge in [0.2, 0.25) is 5.89 Å². The van der Waals surface area contributed by atoms with Crippen molar-refractivity contribution in [3.05, 3.63) is 17.8 Å². The largest absolute Gasteiger partial charge is 0.444 e. The Hall–Kier alpha value is -0.870. The van der Waals surface area contributed by atoms with Crippen LogP contribution in [0.5, 0.6) is 0 Å². The summed E-state index contributed by atoms with van der Waals surface area (Å²) >= 11 is 0. The Balaban J connectivity index is 1.48. The highest BCUT2D eigenvalue weighted by molar-refractivity contribution is 4.97. The number of nitrogens with one attached hydrogen (secondary N) is 1. The maximum Gasteiger partial charge on any atom is 0.208 e. The van der Waals surface area contributed by atoms with Gasteiger partial charge in [-0.1, -0.05) is 6.92 Å². The van der Waals surface area contributed by atoms with E-state index in [4.69, 9.17) is 4.42 Å². The molecular weight excluding hydrogens is 226 g/mol. The molecule has 1 saturated heterocycles. The van der Waals surface area contributed by atoms with E-state index in [9.17, 15) is 0 Å². The highest BCUT2D eigenvalue weighted by Crippen LogP contribution is 2.33. The quantitative estimate of drug-likeness (QED) is 0.866. The Morgan fingerprint density at radius 1 is 1.50 bits per heavy atom. The molecule has 4 nitrogen and oxygen atoms in total. The van der Waals surface area contributed by atoms with Crippen molar-refractivity contribution in [3.63, 3.8) is 0 Å². The number of nitrogens with zero attached hydrogens (tertiary/aromatic N) is 2. The van der Waals surface area contributed by atoms with Gasteiger partial charge in [-0.15, -0.1) is 0 Å². The summed E-state index contributed by atoms with van der Waals surface area (Å²) in [5, 5.41) is 3.58. The van der Waals surface area contributed by atoms with E-state index in [1.165, 1.54) is 25.8 Å². The Kier molecular flexibility index (Phi) is 3.39. The van der Waals surface area contributed by atoms with E-state index >= 15 is 0 Å². The van der Waals surface area contributed by atoms with Gasteiger partial charge in [-0.25, -0.2) is 4.98 Å². The number of oxazole rings is 1. The number of hydrogen-bond acceptors (Lipinski definition) is 4. The van der Waals surface area contributed by atoms with Crippen LogP contribution in [0, 0.1) is 0 Å². The van der Waals surface area contributed by atoms with Crippen molar-refractivity contribution in [2.45, 2.75) is 64.2 Å². The van der Waals surface area contributed by atoms with E-state index in [0.717, 1.165) is 36.7 Å². The first kappa shape index (κ1) is 12.2. The Labute approximate surface area is 109 Å². The first-order valence-corrected chi connectivity index (χ1v) is 7.19. The predicted octanol–water partition coefficient (Wildman–Crippen LogP) is 1.95. The van der Waals surface area contributed by atoms with Gasteiger partial charge in [0.05, 0.1) is 12.7 Å². The average Bonchev–Trinajstić information content (AvgIpc) is 2.99. The van der Waals surface area contributed by atoms with Gasteiger partial charge in [0.15, 0.2) is 0 Å². The molecule has 1 aromatic rings. The molecule has 0 spiro atoms. The molecule has 2 atom stereocenters. The molecule has 0 bridgehead atoms. The standard InChI is InChI=1S/C14H23N3O/c1-3-13-7-16-14(18-13)8-15-11-6-10(2)17(9-11)12-4-5-12/h7,10-12,15H,3-6,8-9H2,1-2H3. The van der Waals surface area contributed by atoms with Gasteiger partial charge in [0.25, 0.3) is 0 Å². The molecule has 1 aliphatic heterocycles. The smallest absolute Gasteiger partial charge is 0.208 e. The zero-order valence-corrected chi connectivity index (χ0v) is 11.4. The molecule has 18 heavy (non-hydrogen) atoms. The number of rotatable bonds is 5. The first-order valence-electron chi connectivity index (χ1n) is 7.19. The maximum absolute atomic E-state index is 5.62. The molecule has 100 valence electrons. The van der Waals surface area contributed by atoms with Crippen molar-refractivity contribution in [2.24, 2.45) is 0 Å². The molecule has 0 radical (unpaired) electrons. The van der Waals surface area contributed by atoms with Crippen LogP contribution in [0.4, 0.5) is 0 Å². The molecule has 1 saturated carbocycles. The fourth-order valence-electron chi connectivity index (χ4n) is 2.94. The van der Waals surface area contributed by atoms with E-state index in [0.29, 0.717) is 6.04 Å². The Morgan fingerprint density at radius 3 is 3.00 bits per heavy atom. The lowest BCUT2D eigenvalue weighted by Crippen LogP contribution is -2.33. The topological polar surface area (TPSA) is 41.3 Å². The number of hydrogen-bond donors (Lipinski definition) is 1. The van der Waals surface area contributed by atoms with Crippen molar-refractivity contribution in [3.8, 4) is 0 Å². The van der Waals surface area contributed by atoms with Gasteiger partial charge in [0, 0.05) is 31.1 Å². The summed E-state index contributed by atoms with van der Waals surface area (Å²) in [6.07, 6.45) is 6.80. The van der Waals surface area contributed by atoms with Gasteiger partial charge >= 0.3 is 0 Å². The first-order chi connectivity index (χ1) is 8.76. The molecule has 4 heteroatoms. The molecule has 1 aliphatic carbocycles. The van der Waals surface area contributed by atoms with Crippen LogP contribution in [0.25, 0.3) is 0 Å². The SMILES string of the molecule is CCc1cnc(CNC2CC(C)N(C3CC3)C2)o1. The van der Waals surface area contributed by atoms with Crippen LogP contribution in [0.15, 0.2) is 10.6 Å². The molecule has 1 N–H and O–H groups in total. The third-order valence-corrected chi connectivity index (χ3v) is 4.13. The van der Waals surface area contributed by atoms with Crippen LogP contribution in [0.1, 0.15) is 44.8 Å². The van der Waals surface area contributed by atoms with E-state index in [1.807, 2.05) is 6.20 Å². The van der Waals surface area contributed by atoms with Crippen molar-refractivity contribution in [1.82, 2.24) is 15.2 Å². The zero-order chi connectivity index (χ0) is 12.5. The molecule has 2 fully saturated rings. The summed E-state index contributed by atoms with van der Waals surface area (Å²) in [6, 6.07) is 2.20. The summed E-state index contributed by atoms with van der Waals surface area (Å²) in [6.45, 7) is 6.38. The summed E-state index contributed by atoms with van der Waals surface area (Å²) in [5.74, 6) is 1.80. The van der Waals surface area contributed by atoms with Crippen molar-refractivity contribution < 1.29 is 4.42 Å². The fourth-order valence-corrected chi connectivity index (χ4v) is 2.94. The van der Waals surface area contributed by atoms with Gasteiger partial charge in [-0.3, -0.25) is 4.90 Å². The van der Waals surface area contributed by atoms with Crippen LogP contribution in [-0.4, -0.2) is 34.6 Å². The molecule has 2 unspecified atom stereocenters. The zero-order valence-electron chi connectivity index (χ0n) is 11.4. The van der Waals surface area contributed by atoms with Crippen molar-refractivity contribution >= 4 is 0 Å². The molecular formula is C14H23N3O. The molecule has 0 amide bonds. The minimum Gasteiger partial charge on any atom is -0.444 e. The second-order valence-electron chi connectivity index (χ2n) is 5.66. The minimum atomic E-state index is 0.595. The van der Waals surface area contributed by atoms with Crippen LogP contribution in [0.2, 0.25) is 0 Å². The van der Waals surface area contributed by atoms with E-state index < -0.39 is 0 Å². The minimum absolute atomic E-state index is 0.595. The van der Waals surface area contributed by atoms with Crippen LogP contribution in [0.3, 0.4) is 0 Å². The highest BCUT2D eigenvalue weighted by atomic mass is 16.4. The van der Waals surface area contributed by atoms with Crippen LogP contribution < -0.4 is 5.32 Å². The maximum atomic E-state index is 5.62. The monoisotopic (exact) mass is 249 g/mol. The summed E-state index contributed by atoms with van der Waals surface area (Å²) in [4.78, 5) is 6.95. The molecule has 1 aromatic heterocycles. The van der Waals surface area contributed by atoms with Gasteiger partial charge < -0.3 is 9.73 Å². The average molecular weight is 249 g/mol. The van der Waals surface area contributed by atoms with E-state index in [2.05, 4.69) is 29.0 Å². The summed E-state index contributed by atoms with van der Waals surface area (Å²) < 4.78 is 5.62. The van der Waals surface area contributed by atoms with Gasteiger partial charge in [0.1, 0.15) is 5.76 Å². The van der Waals surface area contributed by atoms with E-state index in [1.54, 1.807) is 0 Å². The number of aryl methyl sites for hydroxylation is 1. The Morgan fingerprint density at radius 2 is 2.33 bits per heavy atom. The molecule has 2 heterocycles. The van der Waals surface area contributed by atoms with Gasteiger partial charge in [-0.2, -0.15) is 0 Å². The fraction of sp³-hybridized carbons (Fsp3) is 0.786. The van der Waals surface area contributed by atoms with Crippen LogP contribution >= 0.6 is 0 Å². The number of likely N-dealkylation sites (tertiary alicyclic amines) is 1. The highest BCUT2D eigenvalue weighted by Gasteiger charge is 2.38. The molecule has 3 rings (SSSR count).